The van der Waals surface area contributed by atoms with Crippen LogP contribution in [0.25, 0.3) is 0 Å². The molecule has 0 aromatic rings. The molecule has 1 aliphatic heterocycles. The van der Waals surface area contributed by atoms with E-state index in [1.165, 1.54) is 0 Å². The van der Waals surface area contributed by atoms with Gasteiger partial charge in [0.1, 0.15) is 5.60 Å². The van der Waals surface area contributed by atoms with Crippen molar-refractivity contribution in [1.82, 2.24) is 10.2 Å². The first-order valence-electron chi connectivity index (χ1n) is 8.72. The van der Waals surface area contributed by atoms with Crippen LogP contribution in [0.15, 0.2) is 0 Å². The summed E-state index contributed by atoms with van der Waals surface area (Å²) in [6, 6.07) is 2.41. The van der Waals surface area contributed by atoms with Gasteiger partial charge in [-0.05, 0) is 51.9 Å². The quantitative estimate of drug-likeness (QED) is 0.809. The van der Waals surface area contributed by atoms with Crippen molar-refractivity contribution in [2.24, 2.45) is 5.41 Å². The van der Waals surface area contributed by atoms with Crippen LogP contribution in [0.5, 0.6) is 0 Å². The van der Waals surface area contributed by atoms with E-state index in [0.717, 1.165) is 45.3 Å². The van der Waals surface area contributed by atoms with Gasteiger partial charge in [-0.1, -0.05) is 13.8 Å². The summed E-state index contributed by atoms with van der Waals surface area (Å²) in [6.45, 7) is 12.5. The van der Waals surface area contributed by atoms with Crippen molar-refractivity contribution < 1.29 is 9.53 Å². The minimum absolute atomic E-state index is 0.0984. The lowest BCUT2D eigenvalue weighted by Gasteiger charge is -2.37. The van der Waals surface area contributed by atoms with Gasteiger partial charge in [0.2, 0.25) is 0 Å². The molecule has 5 nitrogen and oxygen atoms in total. The Bertz CT molecular complexity index is 421. The van der Waals surface area contributed by atoms with Gasteiger partial charge in [0.05, 0.1) is 6.07 Å². The van der Waals surface area contributed by atoms with Crippen LogP contribution in [0.1, 0.15) is 66.7 Å². The Morgan fingerprint density at radius 3 is 2.61 bits per heavy atom. The van der Waals surface area contributed by atoms with Crippen molar-refractivity contribution in [3.05, 3.63) is 0 Å². The molecule has 1 atom stereocenters. The third-order valence-corrected chi connectivity index (χ3v) is 4.15. The fraction of sp³-hybridized carbons (Fsp3) is 0.889. The Morgan fingerprint density at radius 2 is 2.00 bits per heavy atom. The molecule has 1 saturated heterocycles. The molecule has 0 aromatic carbocycles. The maximum atomic E-state index is 12.4. The lowest BCUT2D eigenvalue weighted by molar-refractivity contribution is 0.00976. The van der Waals surface area contributed by atoms with E-state index in [2.05, 4.69) is 25.2 Å². The number of nitriles is 1. The van der Waals surface area contributed by atoms with Crippen molar-refractivity contribution in [2.45, 2.75) is 78.4 Å². The number of nitrogens with zero attached hydrogens (tertiary/aromatic N) is 2. The van der Waals surface area contributed by atoms with Gasteiger partial charge in [-0.25, -0.2) is 4.79 Å². The lowest BCUT2D eigenvalue weighted by atomic mass is 9.88. The summed E-state index contributed by atoms with van der Waals surface area (Å²) < 4.78 is 5.53. The molecule has 1 heterocycles. The van der Waals surface area contributed by atoms with Crippen molar-refractivity contribution in [3.8, 4) is 6.07 Å². The zero-order valence-corrected chi connectivity index (χ0v) is 15.4. The highest BCUT2D eigenvalue weighted by Crippen LogP contribution is 2.22. The highest BCUT2D eigenvalue weighted by atomic mass is 16.6. The molecule has 1 fully saturated rings. The number of hydrogen-bond acceptors (Lipinski definition) is 4. The van der Waals surface area contributed by atoms with E-state index in [1.807, 2.05) is 25.7 Å². The first-order valence-corrected chi connectivity index (χ1v) is 8.72. The van der Waals surface area contributed by atoms with E-state index >= 15 is 0 Å². The maximum Gasteiger partial charge on any atom is 0.410 e. The van der Waals surface area contributed by atoms with Crippen molar-refractivity contribution >= 4 is 6.09 Å². The summed E-state index contributed by atoms with van der Waals surface area (Å²) in [5.41, 5.74) is -0.354. The molecule has 1 amide bonds. The molecule has 1 rings (SSSR count). The fourth-order valence-electron chi connectivity index (χ4n) is 2.83. The predicted octanol–water partition coefficient (Wildman–Crippen LogP) is 3.70. The number of carbonyl (C=O) groups is 1. The summed E-state index contributed by atoms with van der Waals surface area (Å²) in [5, 5.41) is 12.2. The number of ether oxygens (including phenoxy) is 1. The molecule has 132 valence electrons. The summed E-state index contributed by atoms with van der Waals surface area (Å²) in [4.78, 5) is 14.2. The SMILES string of the molecule is CC(C)(CCC#N)CNCC1CCCCN1C(=O)OC(C)(C)C. The predicted molar refractivity (Wildman–Crippen MR) is 92.1 cm³/mol. The minimum Gasteiger partial charge on any atom is -0.444 e. The van der Waals surface area contributed by atoms with Crippen LogP contribution < -0.4 is 5.32 Å². The smallest absolute Gasteiger partial charge is 0.410 e. The second-order valence-electron chi connectivity index (χ2n) is 8.28. The van der Waals surface area contributed by atoms with E-state index in [9.17, 15) is 4.79 Å². The Labute approximate surface area is 141 Å². The number of nitrogens with one attached hydrogen (secondary N) is 1. The van der Waals surface area contributed by atoms with Crippen LogP contribution in [0, 0.1) is 16.7 Å². The van der Waals surface area contributed by atoms with E-state index in [0.29, 0.717) is 6.42 Å². The first kappa shape index (κ1) is 19.8. The van der Waals surface area contributed by atoms with Crippen molar-refractivity contribution in [2.75, 3.05) is 19.6 Å². The normalized spacial score (nSPS) is 19.3. The zero-order valence-electron chi connectivity index (χ0n) is 15.4. The lowest BCUT2D eigenvalue weighted by Crippen LogP contribution is -2.50. The number of hydrogen-bond donors (Lipinski definition) is 1. The molecular formula is C18H33N3O2. The third-order valence-electron chi connectivity index (χ3n) is 4.15. The molecule has 0 saturated carbocycles. The van der Waals surface area contributed by atoms with Gasteiger partial charge >= 0.3 is 6.09 Å². The highest BCUT2D eigenvalue weighted by Gasteiger charge is 2.30. The van der Waals surface area contributed by atoms with Crippen LogP contribution in [0.2, 0.25) is 0 Å². The number of piperidine rings is 1. The van der Waals surface area contributed by atoms with E-state index in [4.69, 9.17) is 10.00 Å². The Kier molecular flexibility index (Phi) is 7.34. The van der Waals surface area contributed by atoms with Gasteiger partial charge < -0.3 is 15.0 Å². The van der Waals surface area contributed by atoms with E-state index in [1.54, 1.807) is 0 Å². The molecule has 1 N–H and O–H groups in total. The highest BCUT2D eigenvalue weighted by molar-refractivity contribution is 5.68. The second kappa shape index (κ2) is 8.54. The van der Waals surface area contributed by atoms with Crippen molar-refractivity contribution in [1.29, 1.82) is 5.26 Å². The van der Waals surface area contributed by atoms with Gasteiger partial charge in [0.15, 0.2) is 0 Å². The summed E-state index contributed by atoms with van der Waals surface area (Å²) >= 11 is 0. The molecule has 0 aromatic heterocycles. The van der Waals surface area contributed by atoms with E-state index in [-0.39, 0.29) is 17.6 Å². The van der Waals surface area contributed by atoms with E-state index < -0.39 is 5.60 Å². The molecule has 0 spiro atoms. The monoisotopic (exact) mass is 323 g/mol. The standard InChI is InChI=1S/C18H33N3O2/c1-17(2,3)23-16(22)21-12-7-6-9-15(21)13-20-14-18(4,5)10-8-11-19/h15,20H,6-10,12-14H2,1-5H3. The average Bonchev–Trinajstić information content (AvgIpc) is 2.43. The summed E-state index contributed by atoms with van der Waals surface area (Å²) in [6.07, 6.45) is 4.49. The third kappa shape index (κ3) is 7.69. The van der Waals surface area contributed by atoms with Gasteiger partial charge in [-0.2, -0.15) is 5.26 Å². The Hall–Kier alpha value is -1.28. The van der Waals surface area contributed by atoms with Gasteiger partial charge in [-0.15, -0.1) is 0 Å². The fourth-order valence-corrected chi connectivity index (χ4v) is 2.83. The zero-order chi connectivity index (χ0) is 17.5. The van der Waals surface area contributed by atoms with Gasteiger partial charge in [-0.3, -0.25) is 0 Å². The molecule has 1 aliphatic rings. The van der Waals surface area contributed by atoms with Crippen LogP contribution >= 0.6 is 0 Å². The maximum absolute atomic E-state index is 12.4. The number of rotatable bonds is 6. The number of likely N-dealkylation sites (tertiary alicyclic amines) is 1. The van der Waals surface area contributed by atoms with Crippen LogP contribution in [0.4, 0.5) is 4.79 Å². The Balaban J connectivity index is 2.49. The number of carbonyl (C=O) groups excluding carboxylic acids is 1. The second-order valence-corrected chi connectivity index (χ2v) is 8.28. The molecule has 0 bridgehead atoms. The van der Waals surface area contributed by atoms with Crippen LogP contribution in [-0.4, -0.2) is 42.3 Å². The molecule has 1 unspecified atom stereocenters. The minimum atomic E-state index is -0.453. The van der Waals surface area contributed by atoms with Crippen LogP contribution in [0.3, 0.4) is 0 Å². The molecule has 23 heavy (non-hydrogen) atoms. The van der Waals surface area contributed by atoms with Gasteiger partial charge in [0, 0.05) is 32.1 Å². The summed E-state index contributed by atoms with van der Waals surface area (Å²) in [7, 11) is 0. The molecule has 0 radical (unpaired) electrons. The topological polar surface area (TPSA) is 65.4 Å². The average molecular weight is 323 g/mol. The molecule has 5 heteroatoms. The molecule has 0 aliphatic carbocycles. The largest absolute Gasteiger partial charge is 0.444 e. The molecular weight excluding hydrogens is 290 g/mol. The Morgan fingerprint density at radius 1 is 1.30 bits per heavy atom. The van der Waals surface area contributed by atoms with Gasteiger partial charge in [0.25, 0.3) is 0 Å². The summed E-state index contributed by atoms with van der Waals surface area (Å²) in [5.74, 6) is 0. The number of amides is 1. The van der Waals surface area contributed by atoms with Crippen LogP contribution in [-0.2, 0) is 4.74 Å². The van der Waals surface area contributed by atoms with Crippen molar-refractivity contribution in [3.63, 3.8) is 0 Å². The first-order chi connectivity index (χ1) is 10.6.